The first-order valence-corrected chi connectivity index (χ1v) is 8.02. The summed E-state index contributed by atoms with van der Waals surface area (Å²) in [4.78, 5) is 12.3. The van der Waals surface area contributed by atoms with Gasteiger partial charge in [0.2, 0.25) is 0 Å². The lowest BCUT2D eigenvalue weighted by molar-refractivity contribution is -0.145. The maximum atomic E-state index is 12.3. The van der Waals surface area contributed by atoms with Crippen molar-refractivity contribution in [2.24, 2.45) is 0 Å². The number of hydrogen-bond donors (Lipinski definition) is 3. The second-order valence-electron chi connectivity index (χ2n) is 6.09. The minimum absolute atomic E-state index is 0.150. The monoisotopic (exact) mass is 343 g/mol. The highest BCUT2D eigenvalue weighted by Crippen LogP contribution is 2.39. The Bertz CT molecular complexity index is 787. The Kier molecular flexibility index (Phi) is 4.55. The van der Waals surface area contributed by atoms with Crippen LogP contribution in [0.5, 0.6) is 17.2 Å². The highest BCUT2D eigenvalue weighted by Gasteiger charge is 2.44. The molecular weight excluding hydrogens is 322 g/mol. The van der Waals surface area contributed by atoms with Crippen LogP contribution in [0.25, 0.3) is 0 Å². The van der Waals surface area contributed by atoms with Gasteiger partial charge in [0.05, 0.1) is 14.2 Å². The van der Waals surface area contributed by atoms with Gasteiger partial charge in [-0.15, -0.1) is 0 Å². The standard InChI is InChI=1S/C19H21NO5/c1-24-16-9-13-7-8-20-19(18(22)23,15(13)10-17(16)25-2)11-12-3-5-14(21)6-4-12/h3-6,9-10,20-21H,7-8,11H2,1-2H3,(H,22,23). The zero-order valence-electron chi connectivity index (χ0n) is 14.2. The summed E-state index contributed by atoms with van der Waals surface area (Å²) in [5, 5.41) is 22.7. The molecule has 0 spiro atoms. The summed E-state index contributed by atoms with van der Waals surface area (Å²) in [6, 6.07) is 10.2. The molecule has 3 rings (SSSR count). The van der Waals surface area contributed by atoms with Crippen molar-refractivity contribution < 1.29 is 24.5 Å². The summed E-state index contributed by atoms with van der Waals surface area (Å²) in [6.45, 7) is 0.548. The molecule has 1 heterocycles. The molecule has 132 valence electrons. The molecule has 2 aromatic rings. The SMILES string of the molecule is COc1cc2c(cc1OC)C(Cc1ccc(O)cc1)(C(=O)O)NCC2. The zero-order chi connectivity index (χ0) is 18.0. The Morgan fingerprint density at radius 2 is 1.80 bits per heavy atom. The van der Waals surface area contributed by atoms with E-state index in [0.29, 0.717) is 30.0 Å². The molecule has 0 bridgehead atoms. The fraction of sp³-hybridized carbons (Fsp3) is 0.316. The van der Waals surface area contributed by atoms with Gasteiger partial charge in [0.25, 0.3) is 0 Å². The van der Waals surface area contributed by atoms with Gasteiger partial charge in [0, 0.05) is 13.0 Å². The number of phenols is 1. The molecule has 0 aromatic heterocycles. The largest absolute Gasteiger partial charge is 0.508 e. The third-order valence-corrected chi connectivity index (χ3v) is 4.66. The van der Waals surface area contributed by atoms with Crippen LogP contribution in [0.2, 0.25) is 0 Å². The third-order valence-electron chi connectivity index (χ3n) is 4.66. The van der Waals surface area contributed by atoms with E-state index in [0.717, 1.165) is 11.1 Å². The Morgan fingerprint density at radius 1 is 1.16 bits per heavy atom. The van der Waals surface area contributed by atoms with E-state index in [1.807, 2.05) is 6.07 Å². The molecule has 0 fully saturated rings. The fourth-order valence-electron chi connectivity index (χ4n) is 3.38. The minimum atomic E-state index is -1.26. The van der Waals surface area contributed by atoms with Crippen LogP contribution in [0.4, 0.5) is 0 Å². The minimum Gasteiger partial charge on any atom is -0.508 e. The van der Waals surface area contributed by atoms with Crippen LogP contribution in [0.15, 0.2) is 36.4 Å². The van der Waals surface area contributed by atoms with Gasteiger partial charge in [-0.3, -0.25) is 5.32 Å². The number of rotatable bonds is 5. The van der Waals surface area contributed by atoms with Crippen LogP contribution < -0.4 is 14.8 Å². The molecule has 0 saturated heterocycles. The number of aliphatic carboxylic acids is 1. The van der Waals surface area contributed by atoms with E-state index in [1.54, 1.807) is 37.4 Å². The maximum absolute atomic E-state index is 12.3. The Balaban J connectivity index is 2.12. The van der Waals surface area contributed by atoms with Crippen molar-refractivity contribution >= 4 is 5.97 Å². The highest BCUT2D eigenvalue weighted by atomic mass is 16.5. The summed E-state index contributed by atoms with van der Waals surface area (Å²) in [5.41, 5.74) is 1.16. The van der Waals surface area contributed by atoms with Crippen LogP contribution in [0.3, 0.4) is 0 Å². The van der Waals surface area contributed by atoms with Gasteiger partial charge in [0.1, 0.15) is 11.3 Å². The topological polar surface area (TPSA) is 88.0 Å². The first-order chi connectivity index (χ1) is 12.0. The number of benzene rings is 2. The first kappa shape index (κ1) is 17.1. The number of phenolic OH excluding ortho intramolecular Hbond substituents is 1. The average Bonchev–Trinajstić information content (AvgIpc) is 2.62. The van der Waals surface area contributed by atoms with E-state index in [4.69, 9.17) is 9.47 Å². The van der Waals surface area contributed by atoms with E-state index >= 15 is 0 Å². The van der Waals surface area contributed by atoms with Crippen molar-refractivity contribution in [3.63, 3.8) is 0 Å². The van der Waals surface area contributed by atoms with Gasteiger partial charge in [-0.05, 0) is 47.4 Å². The van der Waals surface area contributed by atoms with Crippen molar-refractivity contribution in [3.05, 3.63) is 53.1 Å². The Hall–Kier alpha value is -2.73. The average molecular weight is 343 g/mol. The number of aromatic hydroxyl groups is 1. The molecule has 6 nitrogen and oxygen atoms in total. The number of carboxylic acid groups (broad SMARTS) is 1. The molecule has 0 amide bonds. The molecule has 2 aromatic carbocycles. The number of hydrogen-bond acceptors (Lipinski definition) is 5. The quantitative estimate of drug-likeness (QED) is 0.770. The second kappa shape index (κ2) is 6.64. The summed E-state index contributed by atoms with van der Waals surface area (Å²) >= 11 is 0. The van der Waals surface area contributed by atoms with Crippen molar-refractivity contribution in [2.45, 2.75) is 18.4 Å². The fourth-order valence-corrected chi connectivity index (χ4v) is 3.38. The smallest absolute Gasteiger partial charge is 0.328 e. The van der Waals surface area contributed by atoms with E-state index in [2.05, 4.69) is 5.32 Å². The lowest BCUT2D eigenvalue weighted by Crippen LogP contribution is -2.54. The lowest BCUT2D eigenvalue weighted by atomic mass is 9.78. The van der Waals surface area contributed by atoms with Gasteiger partial charge >= 0.3 is 5.97 Å². The number of methoxy groups -OCH3 is 2. The molecule has 1 atom stereocenters. The van der Waals surface area contributed by atoms with E-state index < -0.39 is 11.5 Å². The van der Waals surface area contributed by atoms with Gasteiger partial charge in [-0.2, -0.15) is 0 Å². The molecule has 3 N–H and O–H groups in total. The molecule has 6 heteroatoms. The molecule has 1 unspecified atom stereocenters. The van der Waals surface area contributed by atoms with E-state index in [1.165, 1.54) is 7.11 Å². The molecule has 1 aliphatic heterocycles. The van der Waals surface area contributed by atoms with Gasteiger partial charge < -0.3 is 19.7 Å². The molecular formula is C19H21NO5. The van der Waals surface area contributed by atoms with Crippen LogP contribution in [0.1, 0.15) is 16.7 Å². The third kappa shape index (κ3) is 3.00. The van der Waals surface area contributed by atoms with Crippen LogP contribution in [-0.4, -0.2) is 36.9 Å². The number of carbonyl (C=O) groups is 1. The van der Waals surface area contributed by atoms with Gasteiger partial charge in [-0.1, -0.05) is 12.1 Å². The Labute approximate surface area is 146 Å². The lowest BCUT2D eigenvalue weighted by Gasteiger charge is -2.37. The van der Waals surface area contributed by atoms with Crippen LogP contribution >= 0.6 is 0 Å². The van der Waals surface area contributed by atoms with Crippen molar-refractivity contribution in [1.82, 2.24) is 5.32 Å². The number of nitrogens with one attached hydrogen (secondary N) is 1. The molecule has 25 heavy (non-hydrogen) atoms. The second-order valence-corrected chi connectivity index (χ2v) is 6.09. The maximum Gasteiger partial charge on any atom is 0.328 e. The van der Waals surface area contributed by atoms with Crippen molar-refractivity contribution in [3.8, 4) is 17.2 Å². The predicted molar refractivity (Wildman–Crippen MR) is 92.4 cm³/mol. The summed E-state index contributed by atoms with van der Waals surface area (Å²) in [6.07, 6.45) is 0.964. The highest BCUT2D eigenvalue weighted by molar-refractivity contribution is 5.83. The van der Waals surface area contributed by atoms with Crippen LogP contribution in [-0.2, 0) is 23.2 Å². The summed E-state index contributed by atoms with van der Waals surface area (Å²) in [5.74, 6) is 0.290. The molecule has 1 aliphatic rings. The van der Waals surface area contributed by atoms with E-state index in [9.17, 15) is 15.0 Å². The van der Waals surface area contributed by atoms with Crippen molar-refractivity contribution in [1.29, 1.82) is 0 Å². The molecule has 0 aliphatic carbocycles. The Morgan fingerprint density at radius 3 is 2.40 bits per heavy atom. The van der Waals surface area contributed by atoms with E-state index in [-0.39, 0.29) is 12.2 Å². The van der Waals surface area contributed by atoms with Gasteiger partial charge in [-0.25, -0.2) is 4.79 Å². The summed E-state index contributed by atoms with van der Waals surface area (Å²) in [7, 11) is 3.09. The zero-order valence-corrected chi connectivity index (χ0v) is 14.2. The summed E-state index contributed by atoms with van der Waals surface area (Å²) < 4.78 is 10.7. The number of carboxylic acids is 1. The van der Waals surface area contributed by atoms with Gasteiger partial charge in [0.15, 0.2) is 11.5 Å². The predicted octanol–water partition coefficient (Wildman–Crippen LogP) is 2.08. The normalized spacial score (nSPS) is 19.1. The molecule has 0 saturated carbocycles. The number of fused-ring (bicyclic) bond motifs is 1. The number of ether oxygens (including phenoxy) is 2. The van der Waals surface area contributed by atoms with Crippen molar-refractivity contribution in [2.75, 3.05) is 20.8 Å². The van der Waals surface area contributed by atoms with Crippen LogP contribution in [0, 0.1) is 0 Å². The molecule has 0 radical (unpaired) electrons. The first-order valence-electron chi connectivity index (χ1n) is 8.02.